The molecule has 1 aromatic heterocycles. The first-order valence-electron chi connectivity index (χ1n) is 5.52. The van der Waals surface area contributed by atoms with Crippen LogP contribution in [0.4, 0.5) is 0 Å². The molecule has 1 aliphatic rings. The fraction of sp³-hybridized carbons (Fsp3) is 0.636. The summed E-state index contributed by atoms with van der Waals surface area (Å²) in [7, 11) is 2.12. The highest BCUT2D eigenvalue weighted by atomic mass is 35.5. The maximum absolute atomic E-state index is 11.1. The van der Waals surface area contributed by atoms with E-state index in [9.17, 15) is 4.79 Å². The van der Waals surface area contributed by atoms with Crippen LogP contribution in [0.5, 0.6) is 0 Å². The van der Waals surface area contributed by atoms with E-state index in [-0.39, 0.29) is 0 Å². The molecule has 0 saturated carbocycles. The number of hydrogen-bond donors (Lipinski definition) is 0. The molecule has 0 aliphatic carbocycles. The van der Waals surface area contributed by atoms with Crippen LogP contribution in [0, 0.1) is 6.92 Å². The first-order valence-corrected chi connectivity index (χ1v) is 5.90. The van der Waals surface area contributed by atoms with Crippen LogP contribution in [0.3, 0.4) is 0 Å². The summed E-state index contributed by atoms with van der Waals surface area (Å²) < 4.78 is 1.95. The largest absolute Gasteiger partial charge is 0.306 e. The van der Waals surface area contributed by atoms with Crippen molar-refractivity contribution < 1.29 is 4.79 Å². The third-order valence-corrected chi connectivity index (χ3v) is 3.49. The summed E-state index contributed by atoms with van der Waals surface area (Å²) in [5.74, 6) is 0. The van der Waals surface area contributed by atoms with Crippen molar-refractivity contribution >= 4 is 16.8 Å². The molecule has 0 atom stereocenters. The molecule has 16 heavy (non-hydrogen) atoms. The van der Waals surface area contributed by atoms with Crippen LogP contribution in [-0.2, 0) is 0 Å². The van der Waals surface area contributed by atoms with Gasteiger partial charge < -0.3 is 4.90 Å². The van der Waals surface area contributed by atoms with Gasteiger partial charge in [-0.15, -0.1) is 0 Å². The molecule has 2 rings (SSSR count). The molecular formula is C11H16ClN3O. The molecule has 4 nitrogen and oxygen atoms in total. The molecule has 0 aromatic carbocycles. The van der Waals surface area contributed by atoms with Gasteiger partial charge >= 0.3 is 0 Å². The Morgan fingerprint density at radius 3 is 2.62 bits per heavy atom. The van der Waals surface area contributed by atoms with Gasteiger partial charge in [0.25, 0.3) is 5.24 Å². The summed E-state index contributed by atoms with van der Waals surface area (Å²) in [4.78, 5) is 13.4. The molecule has 1 aliphatic heterocycles. The number of hydrogen-bond acceptors (Lipinski definition) is 3. The molecule has 5 heteroatoms. The zero-order valence-corrected chi connectivity index (χ0v) is 10.4. The van der Waals surface area contributed by atoms with Gasteiger partial charge in [0.2, 0.25) is 0 Å². The van der Waals surface area contributed by atoms with Gasteiger partial charge in [0.05, 0.1) is 17.8 Å². The average Bonchev–Trinajstić information content (AvgIpc) is 2.61. The van der Waals surface area contributed by atoms with E-state index in [0.29, 0.717) is 11.6 Å². The van der Waals surface area contributed by atoms with Crippen LogP contribution in [0.2, 0.25) is 0 Å². The van der Waals surface area contributed by atoms with Crippen molar-refractivity contribution in [3.8, 4) is 0 Å². The SMILES string of the molecule is Cc1c(C(=O)Cl)cnn1C1CCN(C)CC1. The van der Waals surface area contributed by atoms with Crippen molar-refractivity contribution in [2.75, 3.05) is 20.1 Å². The predicted molar refractivity (Wildman–Crippen MR) is 62.9 cm³/mol. The second-order valence-corrected chi connectivity index (χ2v) is 4.74. The van der Waals surface area contributed by atoms with Crippen LogP contribution < -0.4 is 0 Å². The third-order valence-electron chi connectivity index (χ3n) is 3.29. The van der Waals surface area contributed by atoms with Crippen LogP contribution in [0.1, 0.15) is 34.9 Å². The van der Waals surface area contributed by atoms with E-state index in [1.807, 2.05) is 11.6 Å². The average molecular weight is 242 g/mol. The third kappa shape index (κ3) is 2.13. The number of rotatable bonds is 2. The van der Waals surface area contributed by atoms with Gasteiger partial charge in [-0.3, -0.25) is 9.48 Å². The highest BCUT2D eigenvalue weighted by molar-refractivity contribution is 6.67. The molecule has 1 fully saturated rings. The van der Waals surface area contributed by atoms with Crippen LogP contribution in [0.15, 0.2) is 6.20 Å². The maximum Gasteiger partial charge on any atom is 0.255 e. The Balaban J connectivity index is 2.18. The minimum Gasteiger partial charge on any atom is -0.306 e. The lowest BCUT2D eigenvalue weighted by molar-refractivity contribution is 0.108. The topological polar surface area (TPSA) is 38.1 Å². The first kappa shape index (κ1) is 11.6. The molecule has 88 valence electrons. The maximum atomic E-state index is 11.1. The molecule has 2 heterocycles. The molecule has 1 saturated heterocycles. The van der Waals surface area contributed by atoms with Crippen molar-refractivity contribution in [3.63, 3.8) is 0 Å². The summed E-state index contributed by atoms with van der Waals surface area (Å²) in [6.07, 6.45) is 3.73. The van der Waals surface area contributed by atoms with Crippen LogP contribution in [-0.4, -0.2) is 40.1 Å². The van der Waals surface area contributed by atoms with E-state index in [1.54, 1.807) is 6.20 Å². The predicted octanol–water partition coefficient (Wildman–Crippen LogP) is 1.84. The molecule has 1 aromatic rings. The van der Waals surface area contributed by atoms with E-state index >= 15 is 0 Å². The second kappa shape index (κ2) is 4.55. The van der Waals surface area contributed by atoms with Gasteiger partial charge in [0.1, 0.15) is 0 Å². The molecule has 0 N–H and O–H groups in total. The number of likely N-dealkylation sites (tertiary alicyclic amines) is 1. The Bertz CT molecular complexity index is 394. The summed E-state index contributed by atoms with van der Waals surface area (Å²) in [6, 6.07) is 0.404. The van der Waals surface area contributed by atoms with Gasteiger partial charge in [0, 0.05) is 5.69 Å². The number of nitrogens with zero attached hydrogens (tertiary/aromatic N) is 3. The fourth-order valence-corrected chi connectivity index (χ4v) is 2.41. The van der Waals surface area contributed by atoms with Crippen molar-refractivity contribution in [1.29, 1.82) is 0 Å². The van der Waals surface area contributed by atoms with Crippen molar-refractivity contribution in [2.45, 2.75) is 25.8 Å². The van der Waals surface area contributed by atoms with E-state index in [2.05, 4.69) is 17.0 Å². The van der Waals surface area contributed by atoms with Crippen LogP contribution in [0.25, 0.3) is 0 Å². The lowest BCUT2D eigenvalue weighted by Gasteiger charge is -2.29. The quantitative estimate of drug-likeness (QED) is 0.742. The summed E-state index contributed by atoms with van der Waals surface area (Å²) in [5.41, 5.74) is 1.41. The minimum absolute atomic E-state index is 0.404. The van der Waals surface area contributed by atoms with Gasteiger partial charge in [-0.25, -0.2) is 0 Å². The summed E-state index contributed by atoms with van der Waals surface area (Å²) in [6.45, 7) is 4.06. The lowest BCUT2D eigenvalue weighted by atomic mass is 10.1. The van der Waals surface area contributed by atoms with E-state index in [4.69, 9.17) is 11.6 Å². The summed E-state index contributed by atoms with van der Waals surface area (Å²) >= 11 is 5.48. The van der Waals surface area contributed by atoms with Gasteiger partial charge in [0.15, 0.2) is 0 Å². The molecule has 0 bridgehead atoms. The highest BCUT2D eigenvalue weighted by Crippen LogP contribution is 2.24. The lowest BCUT2D eigenvalue weighted by Crippen LogP contribution is -2.32. The number of halogens is 1. The van der Waals surface area contributed by atoms with Crippen molar-refractivity contribution in [2.24, 2.45) is 0 Å². The molecule has 0 spiro atoms. The molecule has 0 radical (unpaired) electrons. The number of aromatic nitrogens is 2. The number of carbonyl (C=O) groups excluding carboxylic acids is 1. The van der Waals surface area contributed by atoms with E-state index in [1.165, 1.54) is 0 Å². The zero-order valence-electron chi connectivity index (χ0n) is 9.61. The Morgan fingerprint density at radius 2 is 2.12 bits per heavy atom. The van der Waals surface area contributed by atoms with Crippen LogP contribution >= 0.6 is 11.6 Å². The van der Waals surface area contributed by atoms with Gasteiger partial charge in [-0.1, -0.05) is 0 Å². The Labute approximate surface area is 100 Å². The Morgan fingerprint density at radius 1 is 1.50 bits per heavy atom. The second-order valence-electron chi connectivity index (χ2n) is 4.40. The smallest absolute Gasteiger partial charge is 0.255 e. The van der Waals surface area contributed by atoms with E-state index in [0.717, 1.165) is 31.6 Å². The standard InChI is InChI=1S/C11H16ClN3O/c1-8-10(11(12)16)7-13-15(8)9-3-5-14(2)6-4-9/h7,9H,3-6H2,1-2H3. The minimum atomic E-state index is -0.420. The fourth-order valence-electron chi connectivity index (χ4n) is 2.22. The summed E-state index contributed by atoms with van der Waals surface area (Å²) in [5, 5.41) is 3.86. The van der Waals surface area contributed by atoms with E-state index < -0.39 is 5.24 Å². The first-order chi connectivity index (χ1) is 7.59. The molecule has 0 amide bonds. The molecule has 0 unspecified atom stereocenters. The van der Waals surface area contributed by atoms with Crippen molar-refractivity contribution in [3.05, 3.63) is 17.5 Å². The monoisotopic (exact) mass is 241 g/mol. The molecular weight excluding hydrogens is 226 g/mol. The van der Waals surface area contributed by atoms with Gasteiger partial charge in [-0.05, 0) is 51.5 Å². The normalized spacial score (nSPS) is 18.9. The number of carbonyl (C=O) groups is 1. The zero-order chi connectivity index (χ0) is 11.7. The number of piperidine rings is 1. The Hall–Kier alpha value is -0.870. The van der Waals surface area contributed by atoms with Gasteiger partial charge in [-0.2, -0.15) is 5.10 Å². The Kier molecular flexibility index (Phi) is 3.30. The van der Waals surface area contributed by atoms with Crippen molar-refractivity contribution in [1.82, 2.24) is 14.7 Å². The highest BCUT2D eigenvalue weighted by Gasteiger charge is 2.22.